The largest absolute Gasteiger partial charge is 0.422 e. The van der Waals surface area contributed by atoms with E-state index in [1.807, 2.05) is 0 Å². The Bertz CT molecular complexity index is 1560. The van der Waals surface area contributed by atoms with E-state index in [1.54, 1.807) is 72.8 Å². The summed E-state index contributed by atoms with van der Waals surface area (Å²) in [5.41, 5.74) is 5.91. The molecule has 216 valence electrons. The van der Waals surface area contributed by atoms with Gasteiger partial charge in [-0.25, -0.2) is 20.4 Å². The van der Waals surface area contributed by atoms with Crippen LogP contribution in [0.3, 0.4) is 0 Å². The number of hydrogen-bond acceptors (Lipinski definition) is 8. The Hall–Kier alpha value is -5.32. The average molecular weight is 617 g/mol. The van der Waals surface area contributed by atoms with Gasteiger partial charge in [-0.1, -0.05) is 47.5 Å². The van der Waals surface area contributed by atoms with Crippen molar-refractivity contribution in [3.63, 3.8) is 0 Å². The van der Waals surface area contributed by atoms with Crippen LogP contribution in [0, 0.1) is 0 Å². The summed E-state index contributed by atoms with van der Waals surface area (Å²) in [6.45, 7) is 0. The van der Waals surface area contributed by atoms with Crippen LogP contribution in [0.5, 0.6) is 11.5 Å². The molecule has 0 aromatic heterocycles. The van der Waals surface area contributed by atoms with Crippen LogP contribution in [0.1, 0.15) is 38.3 Å². The van der Waals surface area contributed by atoms with Crippen molar-refractivity contribution in [2.24, 2.45) is 10.2 Å². The molecule has 0 spiro atoms. The Labute approximate surface area is 255 Å². The molecule has 0 radical (unpaired) electrons. The molecule has 0 atom stereocenters. The highest BCUT2D eigenvalue weighted by Gasteiger charge is 2.13. The Kier molecular flexibility index (Phi) is 10.7. The third-order valence-electron chi connectivity index (χ3n) is 5.51. The fourth-order valence-corrected chi connectivity index (χ4v) is 3.67. The van der Waals surface area contributed by atoms with Gasteiger partial charge in [-0.2, -0.15) is 10.2 Å². The van der Waals surface area contributed by atoms with Gasteiger partial charge in [0.2, 0.25) is 11.8 Å². The molecule has 4 aromatic rings. The van der Waals surface area contributed by atoms with E-state index in [0.717, 1.165) is 0 Å². The van der Waals surface area contributed by atoms with Crippen molar-refractivity contribution in [2.45, 2.75) is 6.42 Å². The van der Waals surface area contributed by atoms with Gasteiger partial charge in [0.15, 0.2) is 0 Å². The van der Waals surface area contributed by atoms with Crippen LogP contribution in [0.2, 0.25) is 10.0 Å². The second-order valence-electron chi connectivity index (χ2n) is 8.63. The molecular weight excluding hydrogens is 595 g/mol. The maximum Gasteiger partial charge on any atom is 0.343 e. The van der Waals surface area contributed by atoms with E-state index in [-0.39, 0.29) is 11.5 Å². The maximum atomic E-state index is 12.4. The van der Waals surface area contributed by atoms with Crippen molar-refractivity contribution in [3.8, 4) is 11.5 Å². The average Bonchev–Trinajstić information content (AvgIpc) is 2.99. The summed E-state index contributed by atoms with van der Waals surface area (Å²) in [5, 5.41) is 8.64. The number of ether oxygens (including phenoxy) is 2. The lowest BCUT2D eigenvalue weighted by atomic mass is 10.2. The molecule has 0 fully saturated rings. The smallest absolute Gasteiger partial charge is 0.343 e. The first kappa shape index (κ1) is 30.6. The minimum Gasteiger partial charge on any atom is -0.422 e. The highest BCUT2D eigenvalue weighted by Crippen LogP contribution is 2.20. The summed E-state index contributed by atoms with van der Waals surface area (Å²) in [5.74, 6) is -2.19. The highest BCUT2D eigenvalue weighted by molar-refractivity contribution is 6.31. The van der Waals surface area contributed by atoms with E-state index in [9.17, 15) is 19.2 Å². The zero-order chi connectivity index (χ0) is 30.6. The normalized spacial score (nSPS) is 10.8. The Morgan fingerprint density at radius 2 is 0.953 bits per heavy atom. The van der Waals surface area contributed by atoms with Gasteiger partial charge in [-0.3, -0.25) is 9.59 Å². The van der Waals surface area contributed by atoms with Crippen LogP contribution < -0.4 is 20.3 Å². The number of carbonyl (C=O) groups excluding carboxylic acids is 4. The second-order valence-corrected chi connectivity index (χ2v) is 9.50. The fourth-order valence-electron chi connectivity index (χ4n) is 3.42. The molecule has 43 heavy (non-hydrogen) atoms. The molecule has 0 saturated carbocycles. The van der Waals surface area contributed by atoms with Crippen molar-refractivity contribution in [2.75, 3.05) is 0 Å². The molecule has 2 N–H and O–H groups in total. The van der Waals surface area contributed by atoms with E-state index in [2.05, 4.69) is 21.1 Å². The molecule has 12 heteroatoms. The molecule has 4 rings (SSSR count). The lowest BCUT2D eigenvalue weighted by Gasteiger charge is -2.07. The molecule has 0 aliphatic carbocycles. The summed E-state index contributed by atoms with van der Waals surface area (Å²) in [6, 6.07) is 25.6. The third-order valence-corrected chi connectivity index (χ3v) is 6.01. The summed E-state index contributed by atoms with van der Waals surface area (Å²) >= 11 is 11.7. The summed E-state index contributed by atoms with van der Waals surface area (Å²) in [7, 11) is 0. The standard InChI is InChI=1S/C31H22Cl2N4O6/c32-24-13-9-20(10-14-24)30(40)42-26-7-3-1-5-22(26)18-34-36-28(38)17-29(39)37-35-19-23-6-2-4-8-27(23)43-31(41)21-11-15-25(33)16-12-21/h1-16,18-19H,17H2,(H,36,38)(H,37,39)/b34-18+,35-19+. The predicted molar refractivity (Wildman–Crippen MR) is 162 cm³/mol. The van der Waals surface area contributed by atoms with Gasteiger partial charge in [-0.15, -0.1) is 0 Å². The van der Waals surface area contributed by atoms with E-state index >= 15 is 0 Å². The van der Waals surface area contributed by atoms with Gasteiger partial charge in [0, 0.05) is 21.2 Å². The fraction of sp³-hybridized carbons (Fsp3) is 0.0323. The number of carbonyl (C=O) groups is 4. The van der Waals surface area contributed by atoms with Crippen molar-refractivity contribution in [3.05, 3.63) is 129 Å². The van der Waals surface area contributed by atoms with Gasteiger partial charge in [-0.05, 0) is 72.8 Å². The van der Waals surface area contributed by atoms with Gasteiger partial charge in [0.25, 0.3) is 0 Å². The van der Waals surface area contributed by atoms with Crippen molar-refractivity contribution in [1.29, 1.82) is 0 Å². The van der Waals surface area contributed by atoms with E-state index in [0.29, 0.717) is 32.3 Å². The minimum atomic E-state index is -0.711. The Morgan fingerprint density at radius 1 is 0.581 bits per heavy atom. The van der Waals surface area contributed by atoms with E-state index in [4.69, 9.17) is 32.7 Å². The number of hydrogen-bond donors (Lipinski definition) is 2. The lowest BCUT2D eigenvalue weighted by molar-refractivity contribution is -0.129. The highest BCUT2D eigenvalue weighted by atomic mass is 35.5. The SMILES string of the molecule is O=C(CC(=O)N/N=C/c1ccccc1OC(=O)c1ccc(Cl)cc1)N/N=C/c1ccccc1OC(=O)c1ccc(Cl)cc1. The number of halogens is 2. The first-order valence-electron chi connectivity index (χ1n) is 12.6. The number of rotatable bonds is 10. The van der Waals surface area contributed by atoms with Crippen LogP contribution in [0.15, 0.2) is 107 Å². The van der Waals surface area contributed by atoms with Crippen molar-refractivity contribution in [1.82, 2.24) is 10.9 Å². The zero-order valence-corrected chi connectivity index (χ0v) is 23.7. The summed E-state index contributed by atoms with van der Waals surface area (Å²) < 4.78 is 10.9. The number of hydrazone groups is 2. The molecular formula is C31H22Cl2N4O6. The molecule has 0 bridgehead atoms. The number of nitrogens with one attached hydrogen (secondary N) is 2. The summed E-state index contributed by atoms with van der Waals surface area (Å²) in [6.07, 6.45) is 1.98. The van der Waals surface area contributed by atoms with E-state index in [1.165, 1.54) is 36.7 Å². The molecule has 0 aliphatic heterocycles. The van der Waals surface area contributed by atoms with Crippen LogP contribution in [-0.2, 0) is 9.59 Å². The van der Waals surface area contributed by atoms with E-state index < -0.39 is 30.2 Å². The molecule has 0 unspecified atom stereocenters. The Balaban J connectivity index is 1.27. The van der Waals surface area contributed by atoms with Crippen molar-refractivity contribution < 1.29 is 28.7 Å². The molecule has 0 saturated heterocycles. The molecule has 4 aromatic carbocycles. The molecule has 2 amide bonds. The molecule has 0 heterocycles. The van der Waals surface area contributed by atoms with Crippen LogP contribution in [0.25, 0.3) is 0 Å². The van der Waals surface area contributed by atoms with Crippen LogP contribution in [0.4, 0.5) is 0 Å². The molecule has 10 nitrogen and oxygen atoms in total. The first-order valence-corrected chi connectivity index (χ1v) is 13.3. The summed E-state index contributed by atoms with van der Waals surface area (Å²) in [4.78, 5) is 49.2. The quantitative estimate of drug-likeness (QED) is 0.0802. The first-order chi connectivity index (χ1) is 20.8. The second kappa shape index (κ2) is 15.1. The minimum absolute atomic E-state index is 0.214. The van der Waals surface area contributed by atoms with Crippen molar-refractivity contribution >= 4 is 59.4 Å². The number of amides is 2. The monoisotopic (exact) mass is 616 g/mol. The van der Waals surface area contributed by atoms with Crippen LogP contribution in [-0.4, -0.2) is 36.2 Å². The third kappa shape index (κ3) is 9.35. The molecule has 0 aliphatic rings. The van der Waals surface area contributed by atoms with Gasteiger partial charge in [0.05, 0.1) is 23.6 Å². The number of benzene rings is 4. The van der Waals surface area contributed by atoms with Gasteiger partial charge in [0.1, 0.15) is 17.9 Å². The lowest BCUT2D eigenvalue weighted by Crippen LogP contribution is -2.27. The number of para-hydroxylation sites is 2. The number of nitrogens with zero attached hydrogens (tertiary/aromatic N) is 2. The van der Waals surface area contributed by atoms with Gasteiger partial charge >= 0.3 is 11.9 Å². The predicted octanol–water partition coefficient (Wildman–Crippen LogP) is 5.42. The zero-order valence-electron chi connectivity index (χ0n) is 22.2. The topological polar surface area (TPSA) is 136 Å². The van der Waals surface area contributed by atoms with Crippen LogP contribution >= 0.6 is 23.2 Å². The maximum absolute atomic E-state index is 12.4. The van der Waals surface area contributed by atoms with Gasteiger partial charge < -0.3 is 9.47 Å². The Morgan fingerprint density at radius 3 is 1.35 bits per heavy atom. The number of esters is 2.